The van der Waals surface area contributed by atoms with Crippen LogP contribution in [0.2, 0.25) is 0 Å². The molecule has 0 atom stereocenters. The van der Waals surface area contributed by atoms with E-state index in [-0.39, 0.29) is 23.5 Å². The molecule has 3 nitrogen and oxygen atoms in total. The third-order valence-electron chi connectivity index (χ3n) is 0.0527. The van der Waals surface area contributed by atoms with Gasteiger partial charge in [-0.25, -0.2) is 5.48 Å². The van der Waals surface area contributed by atoms with Crippen LogP contribution in [0.5, 0.6) is 0 Å². The normalized spacial score (nSPS) is 4.20. The van der Waals surface area contributed by atoms with Crippen molar-refractivity contribution in [2.75, 3.05) is 0 Å². The molecule has 0 unspecified atom stereocenters. The van der Waals surface area contributed by atoms with Crippen molar-refractivity contribution in [2.45, 2.75) is 0 Å². The average Bonchev–Trinajstić information content (AvgIpc) is 1.37. The van der Waals surface area contributed by atoms with Crippen LogP contribution in [0.4, 0.5) is 0 Å². The van der Waals surface area contributed by atoms with Gasteiger partial charge in [-0.3, -0.25) is 10.0 Å². The van der Waals surface area contributed by atoms with Crippen molar-refractivity contribution >= 4 is 6.41 Å². The van der Waals surface area contributed by atoms with Gasteiger partial charge in [-0.2, -0.15) is 0 Å². The molecule has 0 rings (SSSR count). The minimum Gasteiger partial charge on any atom is -0.289 e. The van der Waals surface area contributed by atoms with Gasteiger partial charge in [0.15, 0.2) is 0 Å². The molecule has 0 saturated heterocycles. The Morgan fingerprint density at radius 1 is 1.80 bits per heavy atom. The van der Waals surface area contributed by atoms with E-state index in [0.717, 1.165) is 0 Å². The van der Waals surface area contributed by atoms with Gasteiger partial charge in [-0.1, -0.05) is 0 Å². The Labute approximate surface area is 39.8 Å². The molecule has 0 aliphatic rings. The van der Waals surface area contributed by atoms with Crippen LogP contribution in [-0.4, -0.2) is 11.6 Å². The maximum absolute atomic E-state index is 8.81. The fourth-order valence-electron chi connectivity index (χ4n) is 0. The van der Waals surface area contributed by atoms with Gasteiger partial charge in [0, 0.05) is 17.1 Å². The van der Waals surface area contributed by atoms with E-state index < -0.39 is 0 Å². The minimum absolute atomic E-state index is 0. The molecule has 0 heterocycles. The summed E-state index contributed by atoms with van der Waals surface area (Å²) in [6.07, 6.45) is 0.181. The van der Waals surface area contributed by atoms with Gasteiger partial charge >= 0.3 is 0 Å². The number of carbonyl (C=O) groups is 1. The smallest absolute Gasteiger partial charge is 0.230 e. The SMILES string of the molecule is O=CNO.[Cu]. The molecule has 0 aromatic rings. The van der Waals surface area contributed by atoms with Crippen LogP contribution in [0.3, 0.4) is 0 Å². The topological polar surface area (TPSA) is 49.3 Å². The molecule has 35 valence electrons. The molecule has 0 aliphatic heterocycles. The second kappa shape index (κ2) is 9.04. The van der Waals surface area contributed by atoms with E-state index in [1.54, 1.807) is 0 Å². The fraction of sp³-hybridized carbons (Fsp3) is 0. The molecule has 5 heavy (non-hydrogen) atoms. The van der Waals surface area contributed by atoms with Crippen molar-refractivity contribution in [1.29, 1.82) is 0 Å². The number of amides is 1. The quantitative estimate of drug-likeness (QED) is 0.206. The molecule has 4 heteroatoms. The molecular formula is CH3CuNO2. The van der Waals surface area contributed by atoms with Crippen molar-refractivity contribution in [2.24, 2.45) is 0 Å². The number of carbonyl (C=O) groups excluding carboxylic acids is 1. The van der Waals surface area contributed by atoms with Gasteiger partial charge in [-0.15, -0.1) is 0 Å². The molecule has 0 fully saturated rings. The van der Waals surface area contributed by atoms with Crippen molar-refractivity contribution in [3.8, 4) is 0 Å². The zero-order chi connectivity index (χ0) is 3.41. The van der Waals surface area contributed by atoms with E-state index in [2.05, 4.69) is 0 Å². The standard InChI is InChI=1S/CH3NO2.Cu/c3-1-2-4;/h1,4H,(H,2,3);. The summed E-state index contributed by atoms with van der Waals surface area (Å²) in [5.41, 5.74) is 1.25. The monoisotopic (exact) mass is 124 g/mol. The first-order valence-electron chi connectivity index (χ1n) is 0.748. The predicted molar refractivity (Wildman–Crippen MR) is 11.0 cm³/mol. The summed E-state index contributed by atoms with van der Waals surface area (Å²) in [5, 5.41) is 7.26. The fourth-order valence-corrected chi connectivity index (χ4v) is 0. The van der Waals surface area contributed by atoms with Gasteiger partial charge in [0.1, 0.15) is 0 Å². The Balaban J connectivity index is 0. The molecule has 1 radical (unpaired) electrons. The maximum atomic E-state index is 8.81. The van der Waals surface area contributed by atoms with E-state index in [1.807, 2.05) is 0 Å². The van der Waals surface area contributed by atoms with Gasteiger partial charge in [0.05, 0.1) is 0 Å². The Kier molecular flexibility index (Phi) is 16.0. The van der Waals surface area contributed by atoms with Crippen LogP contribution in [-0.2, 0) is 21.9 Å². The molecule has 0 aliphatic carbocycles. The van der Waals surface area contributed by atoms with Crippen molar-refractivity contribution in [3.05, 3.63) is 0 Å². The van der Waals surface area contributed by atoms with E-state index in [1.165, 1.54) is 5.48 Å². The average molecular weight is 125 g/mol. The van der Waals surface area contributed by atoms with E-state index in [9.17, 15) is 0 Å². The summed E-state index contributed by atoms with van der Waals surface area (Å²) in [4.78, 5) is 8.81. The Hall–Kier alpha value is -0.0505. The Morgan fingerprint density at radius 2 is 2.00 bits per heavy atom. The first-order valence-corrected chi connectivity index (χ1v) is 0.748. The summed E-state index contributed by atoms with van der Waals surface area (Å²) < 4.78 is 0. The van der Waals surface area contributed by atoms with E-state index in [0.29, 0.717) is 0 Å². The molecule has 0 aromatic heterocycles. The van der Waals surface area contributed by atoms with Gasteiger partial charge in [0.25, 0.3) is 0 Å². The number of hydrogen-bond donors (Lipinski definition) is 2. The third-order valence-corrected chi connectivity index (χ3v) is 0.0527. The summed E-state index contributed by atoms with van der Waals surface area (Å²) >= 11 is 0. The zero-order valence-corrected chi connectivity index (χ0v) is 3.18. The van der Waals surface area contributed by atoms with Crippen LogP contribution >= 0.6 is 0 Å². The first-order chi connectivity index (χ1) is 1.91. The molecule has 0 bridgehead atoms. The maximum Gasteiger partial charge on any atom is 0.230 e. The second-order valence-corrected chi connectivity index (χ2v) is 0.247. The van der Waals surface area contributed by atoms with Crippen LogP contribution < -0.4 is 5.48 Å². The Bertz CT molecular complexity index is 23.6. The third kappa shape index (κ3) is 16.6. The van der Waals surface area contributed by atoms with Crippen LogP contribution in [0, 0.1) is 0 Å². The molecular weight excluding hydrogens is 122 g/mol. The number of rotatable bonds is 1. The van der Waals surface area contributed by atoms with Gasteiger partial charge < -0.3 is 0 Å². The summed E-state index contributed by atoms with van der Waals surface area (Å²) in [7, 11) is 0. The second-order valence-electron chi connectivity index (χ2n) is 0.247. The van der Waals surface area contributed by atoms with Gasteiger partial charge in [-0.05, 0) is 0 Å². The van der Waals surface area contributed by atoms with Crippen LogP contribution in [0.15, 0.2) is 0 Å². The molecule has 0 aromatic carbocycles. The zero-order valence-electron chi connectivity index (χ0n) is 2.23. The summed E-state index contributed by atoms with van der Waals surface area (Å²) in [6.45, 7) is 0. The van der Waals surface area contributed by atoms with Crippen molar-refractivity contribution < 1.29 is 27.1 Å². The molecule has 0 saturated carbocycles. The van der Waals surface area contributed by atoms with Gasteiger partial charge in [0.2, 0.25) is 6.41 Å². The van der Waals surface area contributed by atoms with Crippen LogP contribution in [0.25, 0.3) is 0 Å². The summed E-state index contributed by atoms with van der Waals surface area (Å²) in [5.74, 6) is 0. The van der Waals surface area contributed by atoms with Crippen molar-refractivity contribution in [1.82, 2.24) is 5.48 Å². The molecule has 2 N–H and O–H groups in total. The Morgan fingerprint density at radius 3 is 2.00 bits per heavy atom. The van der Waals surface area contributed by atoms with E-state index in [4.69, 9.17) is 10.0 Å². The molecule has 0 spiro atoms. The molecule has 1 amide bonds. The van der Waals surface area contributed by atoms with Crippen molar-refractivity contribution in [3.63, 3.8) is 0 Å². The van der Waals surface area contributed by atoms with E-state index >= 15 is 0 Å². The largest absolute Gasteiger partial charge is 0.289 e. The first kappa shape index (κ1) is 8.87. The predicted octanol–water partition coefficient (Wildman–Crippen LogP) is -0.881. The number of hydroxylamine groups is 1. The summed E-state index contributed by atoms with van der Waals surface area (Å²) in [6, 6.07) is 0. The number of nitrogens with one attached hydrogen (secondary N) is 1. The van der Waals surface area contributed by atoms with Crippen LogP contribution in [0.1, 0.15) is 0 Å². The minimum atomic E-state index is 0. The number of hydrogen-bond acceptors (Lipinski definition) is 2.